The van der Waals surface area contributed by atoms with E-state index in [9.17, 15) is 0 Å². The van der Waals surface area contributed by atoms with Crippen LogP contribution in [0.25, 0.3) is 0 Å². The van der Waals surface area contributed by atoms with Gasteiger partial charge >= 0.3 is 7.32 Å². The van der Waals surface area contributed by atoms with Gasteiger partial charge in [0, 0.05) is 23.9 Å². The molecular formula is C8H10BNO3. The van der Waals surface area contributed by atoms with Crippen LogP contribution in [-0.2, 0) is 0 Å². The molecule has 0 atom stereocenters. The maximum Gasteiger partial charge on any atom is 0.707 e. The molecule has 0 radical (unpaired) electrons. The van der Waals surface area contributed by atoms with Crippen LogP contribution < -0.4 is 4.65 Å². The van der Waals surface area contributed by atoms with Gasteiger partial charge < -0.3 is 14.7 Å². The van der Waals surface area contributed by atoms with E-state index in [2.05, 4.69) is 4.98 Å². The molecule has 0 unspecified atom stereocenters. The second kappa shape index (κ2) is 3.36. The molecule has 1 saturated carbocycles. The lowest BCUT2D eigenvalue weighted by atomic mass is 10.2. The van der Waals surface area contributed by atoms with Gasteiger partial charge in [-0.05, 0) is 18.9 Å². The molecule has 0 aliphatic heterocycles. The van der Waals surface area contributed by atoms with E-state index in [1.807, 2.05) is 0 Å². The highest BCUT2D eigenvalue weighted by Crippen LogP contribution is 2.39. The van der Waals surface area contributed by atoms with E-state index < -0.39 is 7.32 Å². The first-order valence-corrected chi connectivity index (χ1v) is 4.24. The SMILES string of the molecule is OB(O)Oc1ccnc(C2CC2)c1. The minimum atomic E-state index is -1.76. The largest absolute Gasteiger partial charge is 0.707 e. The quantitative estimate of drug-likeness (QED) is 0.655. The van der Waals surface area contributed by atoms with Crippen LogP contribution in [0.1, 0.15) is 24.5 Å². The van der Waals surface area contributed by atoms with Crippen LogP contribution in [0, 0.1) is 0 Å². The number of aromatic nitrogens is 1. The zero-order valence-electron chi connectivity index (χ0n) is 7.05. The van der Waals surface area contributed by atoms with Crippen molar-refractivity contribution in [2.75, 3.05) is 0 Å². The van der Waals surface area contributed by atoms with Crippen molar-refractivity contribution in [2.24, 2.45) is 0 Å². The van der Waals surface area contributed by atoms with Crippen LogP contribution in [0.3, 0.4) is 0 Å². The lowest BCUT2D eigenvalue weighted by Crippen LogP contribution is -2.20. The minimum Gasteiger partial charge on any atom is -0.512 e. The van der Waals surface area contributed by atoms with Crippen molar-refractivity contribution in [3.05, 3.63) is 24.0 Å². The smallest absolute Gasteiger partial charge is 0.512 e. The zero-order valence-corrected chi connectivity index (χ0v) is 7.05. The number of hydrogen-bond donors (Lipinski definition) is 2. The third-order valence-electron chi connectivity index (χ3n) is 1.99. The first-order chi connectivity index (χ1) is 6.25. The molecule has 1 fully saturated rings. The van der Waals surface area contributed by atoms with Gasteiger partial charge in [-0.15, -0.1) is 0 Å². The fourth-order valence-electron chi connectivity index (χ4n) is 1.23. The van der Waals surface area contributed by atoms with Crippen molar-refractivity contribution in [3.63, 3.8) is 0 Å². The molecule has 5 heteroatoms. The summed E-state index contributed by atoms with van der Waals surface area (Å²) in [5, 5.41) is 17.1. The lowest BCUT2D eigenvalue weighted by Gasteiger charge is -2.05. The van der Waals surface area contributed by atoms with E-state index in [0.717, 1.165) is 18.5 Å². The Labute approximate surface area is 76.4 Å². The van der Waals surface area contributed by atoms with Crippen molar-refractivity contribution in [1.82, 2.24) is 4.98 Å². The summed E-state index contributed by atoms with van der Waals surface area (Å²) < 4.78 is 4.70. The third-order valence-corrected chi connectivity index (χ3v) is 1.99. The van der Waals surface area contributed by atoms with Gasteiger partial charge in [-0.25, -0.2) is 0 Å². The maximum absolute atomic E-state index is 8.56. The first-order valence-electron chi connectivity index (χ1n) is 4.24. The highest BCUT2D eigenvalue weighted by atomic mass is 16.6. The molecule has 0 amide bonds. The Bertz CT molecular complexity index is 301. The van der Waals surface area contributed by atoms with Crippen molar-refractivity contribution in [1.29, 1.82) is 0 Å². The van der Waals surface area contributed by atoms with Gasteiger partial charge in [0.2, 0.25) is 0 Å². The number of hydrogen-bond acceptors (Lipinski definition) is 4. The van der Waals surface area contributed by atoms with E-state index in [4.69, 9.17) is 14.7 Å². The molecule has 68 valence electrons. The average Bonchev–Trinajstić information content (AvgIpc) is 2.85. The Kier molecular flexibility index (Phi) is 2.20. The van der Waals surface area contributed by atoms with Crippen LogP contribution in [0.5, 0.6) is 5.75 Å². The molecule has 0 saturated heterocycles. The molecule has 0 bridgehead atoms. The number of pyridine rings is 1. The Hall–Kier alpha value is -1.07. The van der Waals surface area contributed by atoms with Crippen LogP contribution in [0.15, 0.2) is 18.3 Å². The summed E-state index contributed by atoms with van der Waals surface area (Å²) in [5.41, 5.74) is 0.971. The van der Waals surface area contributed by atoms with Crippen LogP contribution in [0.4, 0.5) is 0 Å². The summed E-state index contributed by atoms with van der Waals surface area (Å²) in [6.07, 6.45) is 3.95. The van der Waals surface area contributed by atoms with E-state index in [1.165, 1.54) is 0 Å². The Morgan fingerprint density at radius 3 is 2.85 bits per heavy atom. The summed E-state index contributed by atoms with van der Waals surface area (Å²) >= 11 is 0. The van der Waals surface area contributed by atoms with Crippen LogP contribution in [0.2, 0.25) is 0 Å². The molecule has 1 aromatic heterocycles. The number of rotatable bonds is 3. The predicted molar refractivity (Wildman–Crippen MR) is 47.0 cm³/mol. The van der Waals surface area contributed by atoms with Crippen molar-refractivity contribution >= 4 is 7.32 Å². The molecule has 1 heterocycles. The normalized spacial score (nSPS) is 15.5. The van der Waals surface area contributed by atoms with Gasteiger partial charge in [0.1, 0.15) is 5.75 Å². The Balaban J connectivity index is 2.12. The highest BCUT2D eigenvalue weighted by Gasteiger charge is 2.25. The molecule has 0 aromatic carbocycles. The van der Waals surface area contributed by atoms with E-state index in [-0.39, 0.29) is 0 Å². The summed E-state index contributed by atoms with van der Waals surface area (Å²) in [5.74, 6) is 0.992. The molecule has 0 spiro atoms. The second-order valence-electron chi connectivity index (χ2n) is 3.13. The molecule has 1 aromatic rings. The standard InChI is InChI=1S/C8H10BNO3/c11-9(12)13-7-3-4-10-8(5-7)6-1-2-6/h3-6,11-12H,1-2H2. The lowest BCUT2D eigenvalue weighted by molar-refractivity contribution is 0.288. The van der Waals surface area contributed by atoms with E-state index >= 15 is 0 Å². The van der Waals surface area contributed by atoms with Gasteiger partial charge in [-0.3, -0.25) is 4.98 Å². The second-order valence-corrected chi connectivity index (χ2v) is 3.13. The van der Waals surface area contributed by atoms with Crippen molar-refractivity contribution < 1.29 is 14.7 Å². The van der Waals surface area contributed by atoms with E-state index in [1.54, 1.807) is 18.3 Å². The Morgan fingerprint density at radius 1 is 1.46 bits per heavy atom. The average molecular weight is 179 g/mol. The summed E-state index contributed by atoms with van der Waals surface area (Å²) in [4.78, 5) is 4.17. The monoisotopic (exact) mass is 179 g/mol. The summed E-state index contributed by atoms with van der Waals surface area (Å²) in [6, 6.07) is 3.35. The Morgan fingerprint density at radius 2 is 2.23 bits per heavy atom. The molecule has 1 aliphatic rings. The van der Waals surface area contributed by atoms with Gasteiger partial charge in [0.15, 0.2) is 0 Å². The first kappa shape index (κ1) is 8.53. The molecule has 1 aliphatic carbocycles. The number of nitrogens with zero attached hydrogens (tertiary/aromatic N) is 1. The van der Waals surface area contributed by atoms with Gasteiger partial charge in [0.25, 0.3) is 0 Å². The van der Waals surface area contributed by atoms with Crippen molar-refractivity contribution in [3.8, 4) is 5.75 Å². The predicted octanol–water partition coefficient (Wildman–Crippen LogP) is 0.307. The van der Waals surface area contributed by atoms with Gasteiger partial charge in [-0.1, -0.05) is 0 Å². The minimum absolute atomic E-state index is 0.451. The molecule has 4 nitrogen and oxygen atoms in total. The van der Waals surface area contributed by atoms with E-state index in [0.29, 0.717) is 11.7 Å². The highest BCUT2D eigenvalue weighted by molar-refractivity contribution is 6.33. The molecule has 2 N–H and O–H groups in total. The third kappa shape index (κ3) is 2.20. The topological polar surface area (TPSA) is 62.6 Å². The fraction of sp³-hybridized carbons (Fsp3) is 0.375. The zero-order chi connectivity index (χ0) is 9.26. The molecular weight excluding hydrogens is 169 g/mol. The van der Waals surface area contributed by atoms with Crippen LogP contribution >= 0.6 is 0 Å². The summed E-state index contributed by atoms with van der Waals surface area (Å²) in [6.45, 7) is 0. The molecule has 2 rings (SSSR count). The van der Waals surface area contributed by atoms with Gasteiger partial charge in [-0.2, -0.15) is 0 Å². The van der Waals surface area contributed by atoms with Crippen LogP contribution in [-0.4, -0.2) is 22.4 Å². The van der Waals surface area contributed by atoms with Gasteiger partial charge in [0.05, 0.1) is 0 Å². The summed E-state index contributed by atoms with van der Waals surface area (Å²) in [7, 11) is -1.76. The molecule has 13 heavy (non-hydrogen) atoms. The maximum atomic E-state index is 8.56. The van der Waals surface area contributed by atoms with Crippen molar-refractivity contribution in [2.45, 2.75) is 18.8 Å². The fourth-order valence-corrected chi connectivity index (χ4v) is 1.23.